The Labute approximate surface area is 88.5 Å². The molecule has 3 unspecified atom stereocenters. The number of hydrogen-bond donors (Lipinski definition) is 0. The van der Waals surface area contributed by atoms with Gasteiger partial charge in [-0.3, -0.25) is 0 Å². The van der Waals surface area contributed by atoms with E-state index in [1.165, 1.54) is 24.7 Å². The molecule has 3 atom stereocenters. The van der Waals surface area contributed by atoms with Crippen molar-refractivity contribution in [2.75, 3.05) is 0 Å². The summed E-state index contributed by atoms with van der Waals surface area (Å²) in [7, 11) is 0. The van der Waals surface area contributed by atoms with Crippen LogP contribution in [0.1, 0.15) is 64.2 Å². The van der Waals surface area contributed by atoms with E-state index in [0.29, 0.717) is 0 Å². The summed E-state index contributed by atoms with van der Waals surface area (Å²) in [5.74, 6) is 4.64. The summed E-state index contributed by atoms with van der Waals surface area (Å²) in [6, 6.07) is 0. The van der Waals surface area contributed by atoms with E-state index >= 15 is 0 Å². The second-order valence-electron chi connectivity index (χ2n) is 6.07. The van der Waals surface area contributed by atoms with Crippen LogP contribution in [0.15, 0.2) is 0 Å². The Morgan fingerprint density at radius 2 is 0.929 bits per heavy atom. The molecule has 0 aromatic rings. The van der Waals surface area contributed by atoms with Gasteiger partial charge in [0.25, 0.3) is 0 Å². The highest BCUT2D eigenvalue weighted by atomic mass is 14.4. The van der Waals surface area contributed by atoms with Gasteiger partial charge in [-0.1, -0.05) is 44.9 Å². The molecule has 0 heterocycles. The molecule has 0 nitrogen and oxygen atoms in total. The predicted octanol–water partition coefficient (Wildman–Crippen LogP) is 4.39. The van der Waals surface area contributed by atoms with Crippen LogP contribution in [0.4, 0.5) is 0 Å². The molecule has 80 valence electrons. The molecule has 0 amide bonds. The lowest BCUT2D eigenvalue weighted by Gasteiger charge is -2.25. The average molecular weight is 192 g/mol. The Morgan fingerprint density at radius 1 is 0.429 bits per heavy atom. The second-order valence-corrected chi connectivity index (χ2v) is 6.07. The third-order valence-corrected chi connectivity index (χ3v) is 5.19. The molecule has 0 saturated heterocycles. The first-order valence-electron chi connectivity index (χ1n) is 6.93. The maximum Gasteiger partial charge on any atom is -0.0383 e. The molecular formula is C14H24. The molecule has 14 heavy (non-hydrogen) atoms. The highest BCUT2D eigenvalue weighted by Gasteiger charge is 2.38. The van der Waals surface area contributed by atoms with Crippen molar-refractivity contribution in [1.82, 2.24) is 0 Å². The van der Waals surface area contributed by atoms with Crippen LogP contribution < -0.4 is 0 Å². The van der Waals surface area contributed by atoms with Crippen LogP contribution in [0.2, 0.25) is 0 Å². The maximum atomic E-state index is 1.59. The molecule has 3 rings (SSSR count). The summed E-state index contributed by atoms with van der Waals surface area (Å²) in [6.45, 7) is 0. The zero-order valence-corrected chi connectivity index (χ0v) is 9.38. The summed E-state index contributed by atoms with van der Waals surface area (Å²) < 4.78 is 0. The van der Waals surface area contributed by atoms with Gasteiger partial charge in [0.05, 0.1) is 0 Å². The molecule has 0 aromatic carbocycles. The highest BCUT2D eigenvalue weighted by Crippen LogP contribution is 2.50. The molecule has 0 bridgehead atoms. The molecular weight excluding hydrogens is 168 g/mol. The summed E-state index contributed by atoms with van der Waals surface area (Å²) >= 11 is 0. The van der Waals surface area contributed by atoms with Crippen molar-refractivity contribution in [2.45, 2.75) is 64.2 Å². The molecule has 0 radical (unpaired) electrons. The van der Waals surface area contributed by atoms with Crippen molar-refractivity contribution in [3.8, 4) is 0 Å². The zero-order chi connectivity index (χ0) is 9.38. The monoisotopic (exact) mass is 192 g/mol. The predicted molar refractivity (Wildman–Crippen MR) is 60.1 cm³/mol. The van der Waals surface area contributed by atoms with Crippen molar-refractivity contribution in [1.29, 1.82) is 0 Å². The lowest BCUT2D eigenvalue weighted by atomic mass is 9.81. The first kappa shape index (κ1) is 9.24. The van der Waals surface area contributed by atoms with Gasteiger partial charge in [0, 0.05) is 0 Å². The Kier molecular flexibility index (Phi) is 2.55. The molecule has 3 aliphatic carbocycles. The van der Waals surface area contributed by atoms with E-state index in [2.05, 4.69) is 0 Å². The second kappa shape index (κ2) is 3.87. The Bertz CT molecular complexity index is 190. The molecule has 3 fully saturated rings. The minimum atomic E-state index is 1.14. The number of fused-ring (bicyclic) bond motifs is 1. The van der Waals surface area contributed by atoms with Crippen LogP contribution in [-0.2, 0) is 0 Å². The lowest BCUT2D eigenvalue weighted by Crippen LogP contribution is -2.13. The minimum absolute atomic E-state index is 1.14. The van der Waals surface area contributed by atoms with Gasteiger partial charge in [-0.15, -0.1) is 0 Å². The smallest absolute Gasteiger partial charge is 0.0383 e. The SMILES string of the molecule is C1CCC(C2CCCC3CC3CC2)C1. The van der Waals surface area contributed by atoms with E-state index in [4.69, 9.17) is 0 Å². The van der Waals surface area contributed by atoms with Crippen LogP contribution in [0.25, 0.3) is 0 Å². The molecule has 0 spiro atoms. The van der Waals surface area contributed by atoms with Crippen molar-refractivity contribution < 1.29 is 0 Å². The minimum Gasteiger partial charge on any atom is -0.0530 e. The van der Waals surface area contributed by atoms with Crippen LogP contribution in [-0.4, -0.2) is 0 Å². The first-order chi connectivity index (χ1) is 6.93. The van der Waals surface area contributed by atoms with Gasteiger partial charge >= 0.3 is 0 Å². The maximum absolute atomic E-state index is 1.59. The quantitative estimate of drug-likeness (QED) is 0.578. The average Bonchev–Trinajstić information content (AvgIpc) is 2.69. The van der Waals surface area contributed by atoms with Crippen LogP contribution in [0.5, 0.6) is 0 Å². The normalized spacial score (nSPS) is 44.1. The standard InChI is InChI=1S/C14H24/c1-2-5-11(4-1)12-6-3-7-13-10-14(13)9-8-12/h11-14H,1-10H2. The third-order valence-electron chi connectivity index (χ3n) is 5.19. The molecule has 0 heteroatoms. The summed E-state index contributed by atoms with van der Waals surface area (Å²) in [6.07, 6.45) is 15.7. The van der Waals surface area contributed by atoms with Crippen molar-refractivity contribution >= 4 is 0 Å². The van der Waals surface area contributed by atoms with Crippen LogP contribution >= 0.6 is 0 Å². The third kappa shape index (κ3) is 1.85. The van der Waals surface area contributed by atoms with Gasteiger partial charge in [0.15, 0.2) is 0 Å². The van der Waals surface area contributed by atoms with Gasteiger partial charge in [-0.05, 0) is 42.9 Å². The molecule has 0 aliphatic heterocycles. The number of rotatable bonds is 1. The van der Waals surface area contributed by atoms with Gasteiger partial charge in [0.1, 0.15) is 0 Å². The van der Waals surface area contributed by atoms with E-state index < -0.39 is 0 Å². The Morgan fingerprint density at radius 3 is 1.79 bits per heavy atom. The van der Waals surface area contributed by atoms with E-state index in [0.717, 1.165) is 11.8 Å². The van der Waals surface area contributed by atoms with Gasteiger partial charge in [-0.2, -0.15) is 0 Å². The van der Waals surface area contributed by atoms with E-state index in [1.54, 1.807) is 51.4 Å². The highest BCUT2D eigenvalue weighted by molar-refractivity contribution is 4.89. The van der Waals surface area contributed by atoms with Gasteiger partial charge < -0.3 is 0 Å². The molecule has 0 N–H and O–H groups in total. The fraction of sp³-hybridized carbons (Fsp3) is 1.00. The van der Waals surface area contributed by atoms with Crippen molar-refractivity contribution in [2.24, 2.45) is 23.7 Å². The summed E-state index contributed by atoms with van der Waals surface area (Å²) in [5.41, 5.74) is 0. The largest absolute Gasteiger partial charge is 0.0530 e. The number of hydrogen-bond acceptors (Lipinski definition) is 0. The summed E-state index contributed by atoms with van der Waals surface area (Å²) in [5, 5.41) is 0. The van der Waals surface area contributed by atoms with E-state index in [9.17, 15) is 0 Å². The summed E-state index contributed by atoms with van der Waals surface area (Å²) in [4.78, 5) is 0. The molecule has 3 aliphatic rings. The fourth-order valence-corrected chi connectivity index (χ4v) is 4.13. The Hall–Kier alpha value is 0. The van der Waals surface area contributed by atoms with Crippen molar-refractivity contribution in [3.05, 3.63) is 0 Å². The zero-order valence-electron chi connectivity index (χ0n) is 9.38. The topological polar surface area (TPSA) is 0 Å². The fourth-order valence-electron chi connectivity index (χ4n) is 4.13. The van der Waals surface area contributed by atoms with Crippen LogP contribution in [0, 0.1) is 23.7 Å². The lowest BCUT2D eigenvalue weighted by molar-refractivity contribution is 0.265. The Balaban J connectivity index is 1.56. The molecule has 0 aromatic heterocycles. The van der Waals surface area contributed by atoms with Crippen LogP contribution in [0.3, 0.4) is 0 Å². The first-order valence-corrected chi connectivity index (χ1v) is 6.93. The van der Waals surface area contributed by atoms with E-state index in [1.807, 2.05) is 0 Å². The van der Waals surface area contributed by atoms with Gasteiger partial charge in [0.2, 0.25) is 0 Å². The van der Waals surface area contributed by atoms with Gasteiger partial charge in [-0.25, -0.2) is 0 Å². The molecule has 3 saturated carbocycles. The van der Waals surface area contributed by atoms with E-state index in [-0.39, 0.29) is 0 Å². The van der Waals surface area contributed by atoms with Crippen molar-refractivity contribution in [3.63, 3.8) is 0 Å².